The van der Waals surface area contributed by atoms with Crippen LogP contribution in [-0.2, 0) is 6.54 Å². The molecule has 0 amide bonds. The van der Waals surface area contributed by atoms with Crippen LogP contribution in [0.3, 0.4) is 0 Å². The number of aliphatic hydroxyl groups is 1. The van der Waals surface area contributed by atoms with Crippen molar-refractivity contribution < 1.29 is 15.1 Å². The summed E-state index contributed by atoms with van der Waals surface area (Å²) in [7, 11) is 1.55. The highest BCUT2D eigenvalue weighted by atomic mass is 16.5. The quantitative estimate of drug-likeness (QED) is 0.292. The fourth-order valence-corrected chi connectivity index (χ4v) is 2.14. The summed E-state index contributed by atoms with van der Waals surface area (Å²) >= 11 is 0. The van der Waals surface area contributed by atoms with E-state index in [4.69, 9.17) is 20.8 Å². The van der Waals surface area contributed by atoms with Crippen molar-refractivity contribution in [3.8, 4) is 5.75 Å². The van der Waals surface area contributed by atoms with E-state index in [0.29, 0.717) is 17.4 Å². The van der Waals surface area contributed by atoms with Crippen LogP contribution >= 0.6 is 0 Å². The zero-order chi connectivity index (χ0) is 15.8. The third-order valence-corrected chi connectivity index (χ3v) is 3.37. The topological polar surface area (TPSA) is 91.3 Å². The minimum atomic E-state index is 0.0279. The average Bonchev–Trinajstić information content (AvgIpc) is 2.50. The van der Waals surface area contributed by atoms with Crippen molar-refractivity contribution in [1.29, 1.82) is 0 Å². The van der Waals surface area contributed by atoms with Crippen molar-refractivity contribution in [1.82, 2.24) is 4.90 Å². The maximum atomic E-state index is 8.98. The molecule has 0 spiro atoms. The highest BCUT2D eigenvalue weighted by Crippen LogP contribution is 2.21. The number of hydrogen-bond acceptors (Lipinski definition) is 5. The van der Waals surface area contributed by atoms with Crippen molar-refractivity contribution in [3.05, 3.63) is 29.3 Å². The molecule has 6 heteroatoms. The molecule has 118 valence electrons. The highest BCUT2D eigenvalue weighted by Gasteiger charge is 2.13. The Bertz CT molecular complexity index is 475. The van der Waals surface area contributed by atoms with Gasteiger partial charge in [0.2, 0.25) is 0 Å². The third kappa shape index (κ3) is 4.91. The normalized spacial score (nSPS) is 12.2. The molecule has 1 rings (SSSR count). The summed E-state index contributed by atoms with van der Waals surface area (Å²) in [5.41, 5.74) is 7.30. The van der Waals surface area contributed by atoms with Crippen molar-refractivity contribution in [2.75, 3.05) is 20.3 Å². The minimum Gasteiger partial charge on any atom is -0.496 e. The molecule has 0 heterocycles. The summed E-state index contributed by atoms with van der Waals surface area (Å²) in [5.74, 6) is 0.598. The van der Waals surface area contributed by atoms with Crippen molar-refractivity contribution in [2.24, 2.45) is 10.9 Å². The van der Waals surface area contributed by atoms with E-state index in [1.54, 1.807) is 7.11 Å². The van der Waals surface area contributed by atoms with Crippen LogP contribution in [0.1, 0.15) is 31.4 Å². The number of hydrogen-bond donors (Lipinski definition) is 3. The summed E-state index contributed by atoms with van der Waals surface area (Å²) in [6, 6.07) is 6.00. The maximum Gasteiger partial charge on any atom is 0.173 e. The molecular formula is C15H25N3O3. The molecule has 0 radical (unpaired) electrons. The van der Waals surface area contributed by atoms with Gasteiger partial charge in [-0.25, -0.2) is 0 Å². The van der Waals surface area contributed by atoms with Crippen LogP contribution < -0.4 is 10.5 Å². The average molecular weight is 295 g/mol. The smallest absolute Gasteiger partial charge is 0.173 e. The molecular weight excluding hydrogens is 270 g/mol. The number of methoxy groups -OCH3 is 1. The largest absolute Gasteiger partial charge is 0.496 e. The van der Waals surface area contributed by atoms with Gasteiger partial charge in [0, 0.05) is 25.7 Å². The number of benzene rings is 1. The van der Waals surface area contributed by atoms with E-state index in [1.165, 1.54) is 0 Å². The maximum absolute atomic E-state index is 8.98. The van der Waals surface area contributed by atoms with Gasteiger partial charge in [-0.3, -0.25) is 4.90 Å². The lowest BCUT2D eigenvalue weighted by molar-refractivity contribution is 0.185. The molecule has 0 aliphatic carbocycles. The van der Waals surface area contributed by atoms with Crippen LogP contribution in [0.2, 0.25) is 0 Å². The third-order valence-electron chi connectivity index (χ3n) is 3.37. The lowest BCUT2D eigenvalue weighted by Gasteiger charge is -2.26. The number of amidine groups is 1. The van der Waals surface area contributed by atoms with Gasteiger partial charge in [-0.05, 0) is 38.0 Å². The zero-order valence-electron chi connectivity index (χ0n) is 12.9. The molecule has 0 aliphatic heterocycles. The lowest BCUT2D eigenvalue weighted by atomic mass is 10.1. The number of rotatable bonds is 8. The molecule has 0 unspecified atom stereocenters. The molecule has 0 atom stereocenters. The van der Waals surface area contributed by atoms with Crippen LogP contribution in [0.4, 0.5) is 0 Å². The van der Waals surface area contributed by atoms with Crippen LogP contribution in [0.15, 0.2) is 23.4 Å². The predicted octanol–water partition coefficient (Wildman–Crippen LogP) is 1.38. The second-order valence-corrected chi connectivity index (χ2v) is 5.16. The highest BCUT2D eigenvalue weighted by molar-refractivity contribution is 5.99. The Kier molecular flexibility index (Phi) is 6.98. The van der Waals surface area contributed by atoms with Crippen molar-refractivity contribution in [2.45, 2.75) is 32.9 Å². The van der Waals surface area contributed by atoms with Crippen LogP contribution in [0, 0.1) is 0 Å². The van der Waals surface area contributed by atoms with E-state index >= 15 is 0 Å². The van der Waals surface area contributed by atoms with Gasteiger partial charge in [0.15, 0.2) is 5.84 Å². The Morgan fingerprint density at radius 3 is 2.67 bits per heavy atom. The summed E-state index contributed by atoms with van der Waals surface area (Å²) in [4.78, 5) is 2.26. The number of nitrogens with two attached hydrogens (primary N) is 1. The molecule has 0 aromatic heterocycles. The van der Waals surface area contributed by atoms with E-state index in [-0.39, 0.29) is 12.4 Å². The fourth-order valence-electron chi connectivity index (χ4n) is 2.14. The predicted molar refractivity (Wildman–Crippen MR) is 82.8 cm³/mol. The number of oxime groups is 1. The van der Waals surface area contributed by atoms with Crippen molar-refractivity contribution in [3.63, 3.8) is 0 Å². The molecule has 21 heavy (non-hydrogen) atoms. The van der Waals surface area contributed by atoms with Gasteiger partial charge < -0.3 is 20.8 Å². The standard InChI is InChI=1S/C15H25N3O3/c1-11(2)18(7-4-8-19)10-12-5-6-14(21-3)13(9-12)15(16)17-20/h5-6,9,11,19-20H,4,7-8,10H2,1-3H3,(H2,16,17). The first-order valence-electron chi connectivity index (χ1n) is 7.03. The molecule has 6 nitrogen and oxygen atoms in total. The zero-order valence-corrected chi connectivity index (χ0v) is 12.9. The van der Waals surface area contributed by atoms with Crippen LogP contribution in [-0.4, -0.2) is 47.4 Å². The van der Waals surface area contributed by atoms with E-state index < -0.39 is 0 Å². The first-order valence-corrected chi connectivity index (χ1v) is 7.03. The summed E-state index contributed by atoms with van der Waals surface area (Å²) in [6.45, 7) is 5.96. The Hall–Kier alpha value is -1.79. The first-order chi connectivity index (χ1) is 10.0. The summed E-state index contributed by atoms with van der Waals surface area (Å²) < 4.78 is 5.22. The molecule has 0 saturated heterocycles. The Morgan fingerprint density at radius 2 is 2.14 bits per heavy atom. The molecule has 0 saturated carbocycles. The van der Waals surface area contributed by atoms with Gasteiger partial charge in [-0.15, -0.1) is 0 Å². The molecule has 0 fully saturated rings. The molecule has 1 aromatic carbocycles. The van der Waals surface area contributed by atoms with Gasteiger partial charge in [0.1, 0.15) is 5.75 Å². The van der Waals surface area contributed by atoms with Gasteiger partial charge in [0.25, 0.3) is 0 Å². The van der Waals surface area contributed by atoms with E-state index in [1.807, 2.05) is 18.2 Å². The molecule has 0 bridgehead atoms. The second kappa shape index (κ2) is 8.49. The molecule has 0 aliphatic rings. The van der Waals surface area contributed by atoms with E-state index in [2.05, 4.69) is 23.9 Å². The van der Waals surface area contributed by atoms with Crippen LogP contribution in [0.25, 0.3) is 0 Å². The van der Waals surface area contributed by atoms with Gasteiger partial charge in [-0.2, -0.15) is 0 Å². The van der Waals surface area contributed by atoms with Gasteiger partial charge >= 0.3 is 0 Å². The van der Waals surface area contributed by atoms with Crippen LogP contribution in [0.5, 0.6) is 5.75 Å². The number of aliphatic hydroxyl groups excluding tert-OH is 1. The number of ether oxygens (including phenoxy) is 1. The molecule has 1 aromatic rings. The van der Waals surface area contributed by atoms with Gasteiger partial charge in [-0.1, -0.05) is 11.2 Å². The van der Waals surface area contributed by atoms with Crippen molar-refractivity contribution >= 4 is 5.84 Å². The molecule has 4 N–H and O–H groups in total. The lowest BCUT2D eigenvalue weighted by Crippen LogP contribution is -2.31. The van der Waals surface area contributed by atoms with E-state index in [9.17, 15) is 0 Å². The Labute approximate surface area is 125 Å². The fraction of sp³-hybridized carbons (Fsp3) is 0.533. The summed E-state index contributed by atoms with van der Waals surface area (Å²) in [6.07, 6.45) is 0.738. The second-order valence-electron chi connectivity index (χ2n) is 5.16. The monoisotopic (exact) mass is 295 g/mol. The minimum absolute atomic E-state index is 0.0279. The first kappa shape index (κ1) is 17.3. The Balaban J connectivity index is 2.97. The van der Waals surface area contributed by atoms with Gasteiger partial charge in [0.05, 0.1) is 12.7 Å². The Morgan fingerprint density at radius 1 is 1.43 bits per heavy atom. The SMILES string of the molecule is COc1ccc(CN(CCCO)C(C)C)cc1C(N)=NO. The summed E-state index contributed by atoms with van der Waals surface area (Å²) in [5, 5.41) is 20.9. The van der Waals surface area contributed by atoms with E-state index in [0.717, 1.165) is 25.1 Å². The number of nitrogens with zero attached hydrogens (tertiary/aromatic N) is 2.